The molecule has 5 saturated carbocycles. The van der Waals surface area contributed by atoms with Gasteiger partial charge in [-0.2, -0.15) is 0 Å². The van der Waals surface area contributed by atoms with Gasteiger partial charge >= 0.3 is 0 Å². The van der Waals surface area contributed by atoms with Gasteiger partial charge < -0.3 is 23.7 Å². The summed E-state index contributed by atoms with van der Waals surface area (Å²) in [5.41, 5.74) is 1.16. The maximum Gasteiger partial charge on any atom is 0.192 e. The molecule has 6 aliphatic rings. The Kier molecular flexibility index (Phi) is 6.16. The van der Waals surface area contributed by atoms with Crippen molar-refractivity contribution in [1.82, 2.24) is 0 Å². The van der Waals surface area contributed by atoms with E-state index in [-0.39, 0.29) is 27.4 Å². The van der Waals surface area contributed by atoms with E-state index in [0.29, 0.717) is 50.8 Å². The Morgan fingerprint density at radius 1 is 1.08 bits per heavy atom. The Bertz CT molecular complexity index is 1000. The summed E-state index contributed by atoms with van der Waals surface area (Å²) in [5, 5.41) is 10.3. The van der Waals surface area contributed by atoms with Crippen molar-refractivity contribution >= 4 is 8.32 Å². The molecule has 1 aromatic carbocycles. The summed E-state index contributed by atoms with van der Waals surface area (Å²) in [7, 11) is -2.05. The second kappa shape index (κ2) is 8.62. The number of rotatable bonds is 8. The SMILES string of the molecule is CC(C)(C)[Si](C)(C)O[C@H]1C[C@]2([C@@H]3C[C@H]3CO)[C@H](COCc3ccccc3)[C@]13C1(CCC[C@@]23C)OCCO1. The van der Waals surface area contributed by atoms with Crippen molar-refractivity contribution < 1.29 is 23.7 Å². The fourth-order valence-corrected chi connectivity index (χ4v) is 11.0. The average molecular weight is 529 g/mol. The molecule has 1 N–H and O–H groups in total. The maximum absolute atomic E-state index is 10.2. The van der Waals surface area contributed by atoms with Gasteiger partial charge in [-0.15, -0.1) is 0 Å². The van der Waals surface area contributed by atoms with Gasteiger partial charge in [0.1, 0.15) is 0 Å². The predicted molar refractivity (Wildman–Crippen MR) is 146 cm³/mol. The van der Waals surface area contributed by atoms with Gasteiger partial charge in [0.05, 0.1) is 37.9 Å². The lowest BCUT2D eigenvalue weighted by Gasteiger charge is -2.76. The van der Waals surface area contributed by atoms with Crippen molar-refractivity contribution in [2.75, 3.05) is 26.4 Å². The van der Waals surface area contributed by atoms with Gasteiger partial charge in [-0.05, 0) is 72.0 Å². The van der Waals surface area contributed by atoms with E-state index >= 15 is 0 Å². The van der Waals surface area contributed by atoms with Crippen LogP contribution in [-0.4, -0.2) is 51.7 Å². The topological polar surface area (TPSA) is 57.2 Å². The Balaban J connectivity index is 1.42. The molecule has 5 aliphatic carbocycles. The smallest absolute Gasteiger partial charge is 0.192 e. The maximum atomic E-state index is 10.2. The normalized spacial score (nSPS) is 42.0. The van der Waals surface area contributed by atoms with E-state index in [0.717, 1.165) is 25.7 Å². The van der Waals surface area contributed by atoms with Crippen LogP contribution in [-0.2, 0) is 25.2 Å². The first-order valence-electron chi connectivity index (χ1n) is 14.7. The number of benzene rings is 1. The van der Waals surface area contributed by atoms with Crippen LogP contribution < -0.4 is 0 Å². The number of aliphatic hydroxyl groups excluding tert-OH is 1. The lowest BCUT2D eigenvalue weighted by molar-refractivity contribution is -0.400. The number of hydrogen-bond donors (Lipinski definition) is 1. The van der Waals surface area contributed by atoms with E-state index in [4.69, 9.17) is 18.6 Å². The third kappa shape index (κ3) is 3.32. The van der Waals surface area contributed by atoms with Crippen LogP contribution in [0.3, 0.4) is 0 Å². The predicted octanol–water partition coefficient (Wildman–Crippen LogP) is 6.16. The zero-order valence-electron chi connectivity index (χ0n) is 23.8. The van der Waals surface area contributed by atoms with Gasteiger partial charge in [0.25, 0.3) is 0 Å². The van der Waals surface area contributed by atoms with Gasteiger partial charge in [0, 0.05) is 18.9 Å². The number of fused-ring (bicyclic) bond motifs is 1. The zero-order valence-corrected chi connectivity index (χ0v) is 24.8. The summed E-state index contributed by atoms with van der Waals surface area (Å²) in [6, 6.07) is 10.5. The van der Waals surface area contributed by atoms with Crippen LogP contribution in [0.1, 0.15) is 65.4 Å². The second-order valence-electron chi connectivity index (χ2n) is 14.5. The summed E-state index contributed by atoms with van der Waals surface area (Å²) >= 11 is 0. The first-order chi connectivity index (χ1) is 17.5. The molecular weight excluding hydrogens is 480 g/mol. The molecular formula is C31H48O5Si. The fourth-order valence-electron chi connectivity index (χ4n) is 9.70. The molecule has 0 radical (unpaired) electrons. The molecule has 0 amide bonds. The molecule has 1 saturated heterocycles. The van der Waals surface area contributed by atoms with Crippen LogP contribution >= 0.6 is 0 Å². The molecule has 7 atom stereocenters. The molecule has 0 unspecified atom stereocenters. The highest BCUT2D eigenvalue weighted by molar-refractivity contribution is 6.74. The standard InChI is InChI=1S/C31H48O5Si/c1-27(2,3)37(5,6)36-26-18-29(24-17-23(24)19-32)25(21-33-20-22-11-8-7-9-12-22)31(26)28(29,4)13-10-14-30(31)34-15-16-35-30/h7-9,11-12,23-26,32H,10,13-21H2,1-6H3/t23-,24+,25-,26-,28-,29-,31-/m0/s1. The number of ether oxygens (including phenoxy) is 3. The van der Waals surface area contributed by atoms with E-state index in [1.165, 1.54) is 12.0 Å². The van der Waals surface area contributed by atoms with Crippen molar-refractivity contribution in [2.24, 2.45) is 34.0 Å². The second-order valence-corrected chi connectivity index (χ2v) is 19.2. The minimum Gasteiger partial charge on any atom is -0.413 e. The van der Waals surface area contributed by atoms with E-state index in [9.17, 15) is 5.11 Å². The van der Waals surface area contributed by atoms with Crippen molar-refractivity contribution in [3.05, 3.63) is 35.9 Å². The van der Waals surface area contributed by atoms with E-state index < -0.39 is 14.1 Å². The molecule has 2 spiro atoms. The Morgan fingerprint density at radius 3 is 2.41 bits per heavy atom. The van der Waals surface area contributed by atoms with Crippen LogP contribution in [0, 0.1) is 34.0 Å². The van der Waals surface area contributed by atoms with Gasteiger partial charge in [-0.25, -0.2) is 0 Å². The Labute approximate surface area is 224 Å². The average Bonchev–Trinajstić information content (AvgIpc) is 3.29. The van der Waals surface area contributed by atoms with E-state index in [1.54, 1.807) is 0 Å². The molecule has 7 rings (SSSR count). The first-order valence-corrected chi connectivity index (χ1v) is 17.6. The molecule has 1 aliphatic heterocycles. The Hall–Kier alpha value is -0.763. The van der Waals surface area contributed by atoms with E-state index in [1.807, 2.05) is 0 Å². The van der Waals surface area contributed by atoms with Crippen molar-refractivity contribution in [1.29, 1.82) is 0 Å². The van der Waals surface area contributed by atoms with Crippen LogP contribution in [0.5, 0.6) is 0 Å². The Morgan fingerprint density at radius 2 is 1.78 bits per heavy atom. The highest BCUT2D eigenvalue weighted by Crippen LogP contribution is 2.92. The molecule has 6 fully saturated rings. The summed E-state index contributed by atoms with van der Waals surface area (Å²) in [5.74, 6) is 0.660. The molecule has 5 nitrogen and oxygen atoms in total. The van der Waals surface area contributed by atoms with Gasteiger partial charge in [-0.1, -0.05) is 58.0 Å². The first kappa shape index (κ1) is 26.5. The lowest BCUT2D eigenvalue weighted by atomic mass is 9.30. The van der Waals surface area contributed by atoms with Gasteiger partial charge in [0.2, 0.25) is 0 Å². The molecule has 1 aromatic rings. The van der Waals surface area contributed by atoms with Crippen LogP contribution in [0.4, 0.5) is 0 Å². The molecule has 206 valence electrons. The van der Waals surface area contributed by atoms with Gasteiger partial charge in [0.15, 0.2) is 14.1 Å². The summed E-state index contributed by atoms with van der Waals surface area (Å²) in [6.45, 7) is 17.3. The zero-order chi connectivity index (χ0) is 26.3. The van der Waals surface area contributed by atoms with Crippen LogP contribution in [0.2, 0.25) is 18.1 Å². The third-order valence-corrected chi connectivity index (χ3v) is 16.7. The summed E-state index contributed by atoms with van der Waals surface area (Å²) < 4.78 is 27.5. The van der Waals surface area contributed by atoms with Crippen molar-refractivity contribution in [3.8, 4) is 0 Å². The van der Waals surface area contributed by atoms with Crippen LogP contribution in [0.15, 0.2) is 30.3 Å². The molecule has 1 heterocycles. The molecule has 0 aromatic heterocycles. The number of aliphatic hydroxyl groups is 1. The lowest BCUT2D eigenvalue weighted by Crippen LogP contribution is -2.79. The monoisotopic (exact) mass is 528 g/mol. The van der Waals surface area contributed by atoms with Crippen molar-refractivity contribution in [3.63, 3.8) is 0 Å². The molecule has 37 heavy (non-hydrogen) atoms. The van der Waals surface area contributed by atoms with E-state index in [2.05, 4.69) is 71.1 Å². The highest BCUT2D eigenvalue weighted by Gasteiger charge is 2.94. The minimum absolute atomic E-state index is 0.0605. The summed E-state index contributed by atoms with van der Waals surface area (Å²) in [4.78, 5) is 0. The third-order valence-electron chi connectivity index (χ3n) is 12.2. The molecule has 6 heteroatoms. The largest absolute Gasteiger partial charge is 0.413 e. The minimum atomic E-state index is -2.05. The quantitative estimate of drug-likeness (QED) is 0.410. The highest BCUT2D eigenvalue weighted by atomic mass is 28.4. The summed E-state index contributed by atoms with van der Waals surface area (Å²) in [6.07, 6.45) is 5.52. The number of hydrogen-bond acceptors (Lipinski definition) is 5. The van der Waals surface area contributed by atoms with Crippen LogP contribution in [0.25, 0.3) is 0 Å². The van der Waals surface area contributed by atoms with Crippen molar-refractivity contribution in [2.45, 2.75) is 96.4 Å². The fraction of sp³-hybridized carbons (Fsp3) is 0.806. The molecule has 2 bridgehead atoms. The van der Waals surface area contributed by atoms with Gasteiger partial charge in [-0.3, -0.25) is 0 Å².